The normalized spacial score (nSPS) is 48.7. The Morgan fingerprint density at radius 1 is 0.950 bits per heavy atom. The number of aliphatic hydroxyl groups is 2. The molecule has 20 heavy (non-hydrogen) atoms. The Labute approximate surface area is 119 Å². The number of hydrogen-bond donors (Lipinski definition) is 2. The van der Waals surface area contributed by atoms with Crippen LogP contribution in [0.15, 0.2) is 0 Å². The summed E-state index contributed by atoms with van der Waals surface area (Å²) in [5, 5.41) is 19.8. The number of hydrogen-bond acceptors (Lipinski definition) is 4. The Kier molecular flexibility index (Phi) is 3.05. The molecule has 5 heteroatoms. The average Bonchev–Trinajstić information content (AvgIpc) is 2.41. The lowest BCUT2D eigenvalue weighted by Crippen LogP contribution is -2.66. The van der Waals surface area contributed by atoms with Crippen molar-refractivity contribution in [2.45, 2.75) is 56.4 Å². The van der Waals surface area contributed by atoms with Gasteiger partial charge in [0.2, 0.25) is 5.91 Å². The third kappa shape index (κ3) is 1.98. The molecule has 0 aliphatic carbocycles. The van der Waals surface area contributed by atoms with E-state index in [-0.39, 0.29) is 18.1 Å². The Morgan fingerprint density at radius 2 is 1.70 bits per heavy atom. The molecule has 6 atom stereocenters. The largest absolute Gasteiger partial charge is 0.393 e. The molecule has 2 N–H and O–H groups in total. The zero-order chi connectivity index (χ0) is 13.9. The lowest BCUT2D eigenvalue weighted by atomic mass is 9.70. The Bertz CT molecular complexity index is 416. The maximum absolute atomic E-state index is 12.2. The first-order valence-corrected chi connectivity index (χ1v) is 8.01. The van der Waals surface area contributed by atoms with Crippen molar-refractivity contribution in [3.05, 3.63) is 0 Å². The molecule has 4 saturated heterocycles. The number of piperidine rings is 4. The van der Waals surface area contributed by atoms with E-state index in [0.29, 0.717) is 24.3 Å². The molecule has 0 aromatic rings. The predicted molar refractivity (Wildman–Crippen MR) is 72.9 cm³/mol. The van der Waals surface area contributed by atoms with Gasteiger partial charge in [-0.3, -0.25) is 9.69 Å². The smallest absolute Gasteiger partial charge is 0.225 e. The van der Waals surface area contributed by atoms with Gasteiger partial charge in [-0.05, 0) is 37.5 Å². The van der Waals surface area contributed by atoms with Gasteiger partial charge in [0.1, 0.15) is 0 Å². The molecule has 4 heterocycles. The molecule has 1 amide bonds. The van der Waals surface area contributed by atoms with Crippen LogP contribution in [0.3, 0.4) is 0 Å². The molecule has 4 aliphatic rings. The first-order valence-electron chi connectivity index (χ1n) is 8.01. The second kappa shape index (κ2) is 4.68. The molecule has 0 spiro atoms. The second-order valence-electron chi connectivity index (χ2n) is 7.20. The van der Waals surface area contributed by atoms with Gasteiger partial charge in [0.15, 0.2) is 0 Å². The minimum absolute atomic E-state index is 0.133. The monoisotopic (exact) mass is 280 g/mol. The van der Waals surface area contributed by atoms with Crippen molar-refractivity contribution >= 4 is 5.91 Å². The molecule has 0 aromatic carbocycles. The Morgan fingerprint density at radius 3 is 2.55 bits per heavy atom. The van der Waals surface area contributed by atoms with Crippen LogP contribution in [0.5, 0.6) is 0 Å². The lowest BCUT2D eigenvalue weighted by molar-refractivity contribution is -0.156. The standard InChI is InChI=1S/C15H24N2O3/c18-11-1-2-16-7-9-3-10(13(16)4-11)8-17-14(9)5-12(19)6-15(17)20/h9-14,18-19H,1-8H2/t9-,10-,11+,12-,13-,14+/m0/s1. The fourth-order valence-corrected chi connectivity index (χ4v) is 5.07. The number of nitrogens with zero attached hydrogens (tertiary/aromatic N) is 2. The molecular formula is C15H24N2O3. The topological polar surface area (TPSA) is 64.0 Å². The van der Waals surface area contributed by atoms with Crippen LogP contribution in [0.4, 0.5) is 0 Å². The summed E-state index contributed by atoms with van der Waals surface area (Å²) in [6.07, 6.45) is 3.36. The number of fused-ring (bicyclic) bond motifs is 6. The summed E-state index contributed by atoms with van der Waals surface area (Å²) in [6, 6.07) is 0.700. The summed E-state index contributed by atoms with van der Waals surface area (Å²) in [4.78, 5) is 16.8. The fraction of sp³-hybridized carbons (Fsp3) is 0.933. The molecule has 2 bridgehead atoms. The van der Waals surface area contributed by atoms with Gasteiger partial charge in [-0.1, -0.05) is 0 Å². The lowest BCUT2D eigenvalue weighted by Gasteiger charge is -2.57. The third-order valence-corrected chi connectivity index (χ3v) is 5.97. The molecule has 0 radical (unpaired) electrons. The molecular weight excluding hydrogens is 256 g/mol. The first-order chi connectivity index (χ1) is 9.61. The van der Waals surface area contributed by atoms with Gasteiger partial charge in [-0.15, -0.1) is 0 Å². The average molecular weight is 280 g/mol. The molecule has 5 nitrogen and oxygen atoms in total. The van der Waals surface area contributed by atoms with E-state index in [4.69, 9.17) is 0 Å². The molecule has 4 fully saturated rings. The highest BCUT2D eigenvalue weighted by molar-refractivity contribution is 5.78. The maximum atomic E-state index is 12.2. The zero-order valence-corrected chi connectivity index (χ0v) is 11.8. The van der Waals surface area contributed by atoms with Gasteiger partial charge in [-0.25, -0.2) is 0 Å². The van der Waals surface area contributed by atoms with E-state index >= 15 is 0 Å². The second-order valence-corrected chi connectivity index (χ2v) is 7.20. The maximum Gasteiger partial charge on any atom is 0.225 e. The van der Waals surface area contributed by atoms with Crippen LogP contribution in [0, 0.1) is 11.8 Å². The van der Waals surface area contributed by atoms with E-state index in [0.717, 1.165) is 45.3 Å². The van der Waals surface area contributed by atoms with Crippen LogP contribution in [0.2, 0.25) is 0 Å². The minimum atomic E-state index is -0.443. The van der Waals surface area contributed by atoms with Crippen molar-refractivity contribution in [1.29, 1.82) is 0 Å². The quantitative estimate of drug-likeness (QED) is 0.646. The summed E-state index contributed by atoms with van der Waals surface area (Å²) >= 11 is 0. The van der Waals surface area contributed by atoms with Crippen LogP contribution in [-0.2, 0) is 4.79 Å². The van der Waals surface area contributed by atoms with Crippen LogP contribution in [0.25, 0.3) is 0 Å². The summed E-state index contributed by atoms with van der Waals surface area (Å²) in [7, 11) is 0. The number of amides is 1. The highest BCUT2D eigenvalue weighted by Crippen LogP contribution is 2.43. The fourth-order valence-electron chi connectivity index (χ4n) is 5.07. The molecule has 0 unspecified atom stereocenters. The van der Waals surface area contributed by atoms with Crippen LogP contribution >= 0.6 is 0 Å². The van der Waals surface area contributed by atoms with Crippen molar-refractivity contribution in [3.63, 3.8) is 0 Å². The van der Waals surface area contributed by atoms with Crippen molar-refractivity contribution in [2.24, 2.45) is 11.8 Å². The Hall–Kier alpha value is -0.650. The third-order valence-electron chi connectivity index (χ3n) is 5.97. The van der Waals surface area contributed by atoms with Gasteiger partial charge in [-0.2, -0.15) is 0 Å². The zero-order valence-electron chi connectivity index (χ0n) is 11.8. The van der Waals surface area contributed by atoms with E-state index < -0.39 is 6.10 Å². The van der Waals surface area contributed by atoms with E-state index in [1.54, 1.807) is 0 Å². The highest BCUT2D eigenvalue weighted by Gasteiger charge is 2.50. The van der Waals surface area contributed by atoms with Gasteiger partial charge >= 0.3 is 0 Å². The number of aliphatic hydroxyl groups excluding tert-OH is 2. The number of carbonyl (C=O) groups excluding carboxylic acids is 1. The van der Waals surface area contributed by atoms with Gasteiger partial charge in [0.25, 0.3) is 0 Å². The summed E-state index contributed by atoms with van der Waals surface area (Å²) in [5.74, 6) is 1.16. The van der Waals surface area contributed by atoms with E-state index in [1.807, 2.05) is 4.90 Å². The van der Waals surface area contributed by atoms with E-state index in [2.05, 4.69) is 4.90 Å². The van der Waals surface area contributed by atoms with Gasteiger partial charge in [0, 0.05) is 31.7 Å². The molecule has 112 valence electrons. The molecule has 4 rings (SSSR count). The van der Waals surface area contributed by atoms with Crippen molar-refractivity contribution in [2.75, 3.05) is 19.6 Å². The highest BCUT2D eigenvalue weighted by atomic mass is 16.3. The van der Waals surface area contributed by atoms with Crippen LogP contribution in [-0.4, -0.2) is 69.8 Å². The van der Waals surface area contributed by atoms with E-state index in [1.165, 1.54) is 0 Å². The van der Waals surface area contributed by atoms with Gasteiger partial charge in [0.05, 0.1) is 18.6 Å². The van der Waals surface area contributed by atoms with Crippen LogP contribution < -0.4 is 0 Å². The first kappa shape index (κ1) is 13.0. The van der Waals surface area contributed by atoms with Gasteiger partial charge < -0.3 is 15.1 Å². The van der Waals surface area contributed by atoms with Crippen molar-refractivity contribution in [3.8, 4) is 0 Å². The SMILES string of the molecule is O=C1C[C@@H](O)C[C@@H]2[C@H]3C[C@@H](CN12)[C@@H]1C[C@H](O)CCN1C3. The van der Waals surface area contributed by atoms with Crippen molar-refractivity contribution in [1.82, 2.24) is 9.80 Å². The summed E-state index contributed by atoms with van der Waals surface area (Å²) in [5.41, 5.74) is 0. The molecule has 0 saturated carbocycles. The Balaban J connectivity index is 1.57. The summed E-state index contributed by atoms with van der Waals surface area (Å²) < 4.78 is 0. The molecule has 0 aromatic heterocycles. The number of carbonyl (C=O) groups is 1. The number of rotatable bonds is 0. The summed E-state index contributed by atoms with van der Waals surface area (Å²) in [6.45, 7) is 2.86. The van der Waals surface area contributed by atoms with Crippen molar-refractivity contribution < 1.29 is 15.0 Å². The minimum Gasteiger partial charge on any atom is -0.393 e. The predicted octanol–water partition coefficient (Wildman–Crippen LogP) is -0.187. The van der Waals surface area contributed by atoms with Crippen LogP contribution in [0.1, 0.15) is 32.1 Å². The molecule has 4 aliphatic heterocycles. The van der Waals surface area contributed by atoms with E-state index in [9.17, 15) is 15.0 Å².